The summed E-state index contributed by atoms with van der Waals surface area (Å²) in [6.07, 6.45) is 0.169. The van der Waals surface area contributed by atoms with Crippen molar-refractivity contribution in [1.82, 2.24) is 9.21 Å². The van der Waals surface area contributed by atoms with Gasteiger partial charge in [-0.05, 0) is 24.7 Å². The molecule has 0 aliphatic carbocycles. The van der Waals surface area contributed by atoms with Gasteiger partial charge in [0.05, 0.1) is 28.6 Å². The second kappa shape index (κ2) is 10.8. The number of nitrogens with one attached hydrogen (secondary N) is 1. The van der Waals surface area contributed by atoms with Crippen molar-refractivity contribution in [1.29, 1.82) is 0 Å². The average Bonchev–Trinajstić information content (AvgIpc) is 2.65. The molecule has 0 spiro atoms. The number of nitrogens with zero attached hydrogens (tertiary/aromatic N) is 2. The molecule has 0 fully saturated rings. The van der Waals surface area contributed by atoms with Gasteiger partial charge in [-0.25, -0.2) is 12.7 Å². The molecule has 0 heterocycles. The second-order valence-electron chi connectivity index (χ2n) is 6.54. The topological polar surface area (TPSA) is 96.0 Å². The van der Waals surface area contributed by atoms with Gasteiger partial charge in [0.1, 0.15) is 0 Å². The Balaban J connectivity index is 2.76. The number of esters is 1. The number of sulfonamides is 1. The third kappa shape index (κ3) is 6.73. The van der Waals surface area contributed by atoms with Crippen molar-refractivity contribution in [2.45, 2.75) is 25.2 Å². The van der Waals surface area contributed by atoms with Gasteiger partial charge in [-0.15, -0.1) is 0 Å². The first kappa shape index (κ1) is 24.4. The van der Waals surface area contributed by atoms with E-state index in [9.17, 15) is 18.0 Å². The maximum Gasteiger partial charge on any atom is 0.309 e. The molecule has 0 saturated heterocycles. The number of amides is 1. The fraction of sp³-hybridized carbons (Fsp3) is 0.556. The number of hydrogen-bond acceptors (Lipinski definition) is 6. The van der Waals surface area contributed by atoms with Gasteiger partial charge in [-0.1, -0.05) is 25.4 Å². The lowest BCUT2D eigenvalue weighted by Gasteiger charge is -2.23. The highest BCUT2D eigenvalue weighted by Crippen LogP contribution is 2.26. The van der Waals surface area contributed by atoms with E-state index in [2.05, 4.69) is 5.32 Å². The Bertz CT molecular complexity index is 798. The Morgan fingerprint density at radius 1 is 1.29 bits per heavy atom. The monoisotopic (exact) mass is 433 g/mol. The van der Waals surface area contributed by atoms with Crippen LogP contribution < -0.4 is 5.32 Å². The maximum atomic E-state index is 12.3. The molecular formula is C18H28ClN3O5S. The number of ether oxygens (including phenoxy) is 1. The zero-order valence-electron chi connectivity index (χ0n) is 16.9. The predicted octanol–water partition coefficient (Wildman–Crippen LogP) is 2.05. The molecule has 1 unspecified atom stereocenters. The van der Waals surface area contributed by atoms with E-state index in [0.29, 0.717) is 19.6 Å². The molecule has 1 N–H and O–H groups in total. The fourth-order valence-corrected chi connectivity index (χ4v) is 3.58. The van der Waals surface area contributed by atoms with Crippen molar-refractivity contribution < 1.29 is 22.7 Å². The van der Waals surface area contributed by atoms with Gasteiger partial charge in [0, 0.05) is 33.6 Å². The van der Waals surface area contributed by atoms with E-state index >= 15 is 0 Å². The Kier molecular flexibility index (Phi) is 9.35. The Morgan fingerprint density at radius 3 is 2.46 bits per heavy atom. The van der Waals surface area contributed by atoms with Crippen molar-refractivity contribution in [2.24, 2.45) is 5.92 Å². The van der Waals surface area contributed by atoms with Crippen LogP contribution in [0.1, 0.15) is 20.3 Å². The Labute approximate surface area is 171 Å². The SMILES string of the molecule is CCN(CCC(=O)Nc1cc(S(=O)(=O)N(C)C)ccc1Cl)CC(C)C(=O)OC. The van der Waals surface area contributed by atoms with Crippen LogP contribution in [0.15, 0.2) is 23.1 Å². The van der Waals surface area contributed by atoms with E-state index in [1.54, 1.807) is 6.92 Å². The zero-order chi connectivity index (χ0) is 21.5. The van der Waals surface area contributed by atoms with Gasteiger partial charge in [0.25, 0.3) is 0 Å². The number of carbonyl (C=O) groups is 2. The number of hydrogen-bond donors (Lipinski definition) is 1. The minimum absolute atomic E-state index is 0.0410. The second-order valence-corrected chi connectivity index (χ2v) is 9.10. The highest BCUT2D eigenvalue weighted by Gasteiger charge is 2.20. The first-order valence-corrected chi connectivity index (χ1v) is 10.7. The van der Waals surface area contributed by atoms with Crippen LogP contribution in [-0.4, -0.2) is 70.3 Å². The minimum Gasteiger partial charge on any atom is -0.469 e. The summed E-state index contributed by atoms with van der Waals surface area (Å²) >= 11 is 6.09. The summed E-state index contributed by atoms with van der Waals surface area (Å²) in [5.41, 5.74) is 0.237. The summed E-state index contributed by atoms with van der Waals surface area (Å²) in [7, 11) is 0.565. The van der Waals surface area contributed by atoms with E-state index < -0.39 is 10.0 Å². The van der Waals surface area contributed by atoms with E-state index in [4.69, 9.17) is 16.3 Å². The molecule has 1 amide bonds. The lowest BCUT2D eigenvalue weighted by atomic mass is 10.1. The van der Waals surface area contributed by atoms with Crippen LogP contribution in [0.5, 0.6) is 0 Å². The summed E-state index contributed by atoms with van der Waals surface area (Å²) in [5, 5.41) is 2.90. The number of benzene rings is 1. The van der Waals surface area contributed by atoms with Gasteiger partial charge < -0.3 is 15.0 Å². The molecule has 0 aliphatic heterocycles. The maximum absolute atomic E-state index is 12.3. The number of rotatable bonds is 10. The van der Waals surface area contributed by atoms with E-state index in [-0.39, 0.29) is 39.8 Å². The van der Waals surface area contributed by atoms with Crippen LogP contribution in [0.3, 0.4) is 0 Å². The largest absolute Gasteiger partial charge is 0.469 e. The molecule has 1 aromatic rings. The fourth-order valence-electron chi connectivity index (χ4n) is 2.49. The number of anilines is 1. The van der Waals surface area contributed by atoms with Crippen molar-refractivity contribution in [2.75, 3.05) is 46.2 Å². The van der Waals surface area contributed by atoms with E-state index in [0.717, 1.165) is 4.31 Å². The quantitative estimate of drug-likeness (QED) is 0.567. The van der Waals surface area contributed by atoms with Crippen LogP contribution in [0, 0.1) is 5.92 Å². The molecule has 1 rings (SSSR count). The lowest BCUT2D eigenvalue weighted by Crippen LogP contribution is -2.34. The molecule has 0 bridgehead atoms. The van der Waals surface area contributed by atoms with Crippen molar-refractivity contribution in [3.05, 3.63) is 23.2 Å². The van der Waals surface area contributed by atoms with Gasteiger partial charge in [-0.2, -0.15) is 0 Å². The first-order chi connectivity index (χ1) is 13.0. The third-order valence-corrected chi connectivity index (χ3v) is 6.37. The van der Waals surface area contributed by atoms with Gasteiger partial charge >= 0.3 is 5.97 Å². The third-order valence-electron chi connectivity index (χ3n) is 4.23. The molecule has 158 valence electrons. The molecule has 8 nitrogen and oxygen atoms in total. The van der Waals surface area contributed by atoms with Crippen LogP contribution in [0.2, 0.25) is 5.02 Å². The first-order valence-electron chi connectivity index (χ1n) is 8.85. The van der Waals surface area contributed by atoms with Crippen LogP contribution in [0.4, 0.5) is 5.69 Å². The standard InChI is InChI=1S/C18H28ClN3O5S/c1-6-22(12-13(2)18(24)27-5)10-9-17(23)20-16-11-14(7-8-15(16)19)28(25,26)21(3)4/h7-8,11,13H,6,9-10,12H2,1-5H3,(H,20,23). The zero-order valence-corrected chi connectivity index (χ0v) is 18.4. The summed E-state index contributed by atoms with van der Waals surface area (Å²) in [6, 6.07) is 4.16. The highest BCUT2D eigenvalue weighted by atomic mass is 35.5. The Hall–Kier alpha value is -1.68. The van der Waals surface area contributed by atoms with Crippen molar-refractivity contribution >= 4 is 39.2 Å². The van der Waals surface area contributed by atoms with Crippen LogP contribution in [-0.2, 0) is 24.3 Å². The van der Waals surface area contributed by atoms with E-state index in [1.807, 2.05) is 11.8 Å². The molecule has 0 aliphatic rings. The normalized spacial score (nSPS) is 12.9. The lowest BCUT2D eigenvalue weighted by molar-refractivity contribution is -0.145. The highest BCUT2D eigenvalue weighted by molar-refractivity contribution is 7.89. The van der Waals surface area contributed by atoms with Crippen molar-refractivity contribution in [3.63, 3.8) is 0 Å². The number of methoxy groups -OCH3 is 1. The molecule has 1 atom stereocenters. The molecule has 1 aromatic carbocycles. The number of halogens is 1. The summed E-state index contributed by atoms with van der Waals surface area (Å²) in [5.74, 6) is -0.894. The molecule has 0 aromatic heterocycles. The molecule has 0 saturated carbocycles. The number of carbonyl (C=O) groups excluding carboxylic acids is 2. The average molecular weight is 434 g/mol. The smallest absolute Gasteiger partial charge is 0.309 e. The van der Waals surface area contributed by atoms with Gasteiger partial charge in [0.15, 0.2) is 0 Å². The minimum atomic E-state index is -3.63. The van der Waals surface area contributed by atoms with Gasteiger partial charge in [0.2, 0.25) is 15.9 Å². The van der Waals surface area contributed by atoms with Crippen LogP contribution in [0.25, 0.3) is 0 Å². The molecular weight excluding hydrogens is 406 g/mol. The van der Waals surface area contributed by atoms with E-state index in [1.165, 1.54) is 39.4 Å². The summed E-state index contributed by atoms with van der Waals surface area (Å²) in [6.45, 7) is 5.30. The predicted molar refractivity (Wildman–Crippen MR) is 109 cm³/mol. The Morgan fingerprint density at radius 2 is 1.93 bits per heavy atom. The van der Waals surface area contributed by atoms with Crippen molar-refractivity contribution in [3.8, 4) is 0 Å². The molecule has 0 radical (unpaired) electrons. The summed E-state index contributed by atoms with van der Waals surface area (Å²) < 4.78 is 30.3. The van der Waals surface area contributed by atoms with Gasteiger partial charge in [-0.3, -0.25) is 9.59 Å². The summed E-state index contributed by atoms with van der Waals surface area (Å²) in [4.78, 5) is 25.9. The molecule has 28 heavy (non-hydrogen) atoms. The molecule has 10 heteroatoms. The van der Waals surface area contributed by atoms with Crippen LogP contribution >= 0.6 is 11.6 Å².